The normalized spacial score (nSPS) is 22.6. The summed E-state index contributed by atoms with van der Waals surface area (Å²) in [7, 11) is 0. The van der Waals surface area contributed by atoms with Gasteiger partial charge in [0.05, 0.1) is 17.8 Å². The van der Waals surface area contributed by atoms with Crippen molar-refractivity contribution in [3.8, 4) is 0 Å². The van der Waals surface area contributed by atoms with Crippen LogP contribution in [-0.2, 0) is 9.59 Å². The maximum Gasteiger partial charge on any atom is 0.221 e. The van der Waals surface area contributed by atoms with Gasteiger partial charge in [0.15, 0.2) is 17.3 Å². The van der Waals surface area contributed by atoms with Crippen molar-refractivity contribution >= 4 is 40.7 Å². The molecule has 2 aliphatic heterocycles. The van der Waals surface area contributed by atoms with Gasteiger partial charge in [0.25, 0.3) is 0 Å². The van der Waals surface area contributed by atoms with Crippen molar-refractivity contribution in [1.29, 1.82) is 0 Å². The van der Waals surface area contributed by atoms with E-state index in [1.54, 1.807) is 77.7 Å². The van der Waals surface area contributed by atoms with E-state index in [9.17, 15) is 19.2 Å². The van der Waals surface area contributed by atoms with Crippen molar-refractivity contribution in [2.24, 2.45) is 5.41 Å². The SMILES string of the molecule is CC(=O)Nc1cccc2c1C=CC1N2C(C(C)=O)C(c2ccccc2F)C12C(=O)c1ccccc1C2=O. The van der Waals surface area contributed by atoms with Crippen LogP contribution < -0.4 is 10.2 Å². The van der Waals surface area contributed by atoms with E-state index in [0.717, 1.165) is 0 Å². The van der Waals surface area contributed by atoms with Crippen LogP contribution >= 0.6 is 0 Å². The number of carbonyl (C=O) groups is 4. The summed E-state index contributed by atoms with van der Waals surface area (Å²) >= 11 is 0. The van der Waals surface area contributed by atoms with Crippen LogP contribution in [0.15, 0.2) is 72.8 Å². The molecule has 6 rings (SSSR count). The summed E-state index contributed by atoms with van der Waals surface area (Å²) in [6.07, 6.45) is 3.51. The number of nitrogens with one attached hydrogen (secondary N) is 1. The molecule has 3 unspecified atom stereocenters. The number of nitrogens with zero attached hydrogens (tertiary/aromatic N) is 1. The molecule has 37 heavy (non-hydrogen) atoms. The standard InChI is InChI=1S/C30H23FN2O4/c1-16(34)27-26(20-10-5-6-11-22(20)31)30(28(36)18-8-3-4-9-19(18)29(30)37)25-15-14-21-23(32-17(2)35)12-7-13-24(21)33(25)27/h3-15,25-27H,1-2H3,(H,32,35). The van der Waals surface area contributed by atoms with Crippen LogP contribution in [0.4, 0.5) is 15.8 Å². The lowest BCUT2D eigenvalue weighted by atomic mass is 9.64. The molecule has 7 heteroatoms. The highest BCUT2D eigenvalue weighted by Gasteiger charge is 2.71. The molecule has 1 amide bonds. The Kier molecular flexibility index (Phi) is 5.02. The molecule has 184 valence electrons. The van der Waals surface area contributed by atoms with Gasteiger partial charge in [-0.1, -0.05) is 60.7 Å². The molecule has 1 N–H and O–H groups in total. The first kappa shape index (κ1) is 23.0. The van der Waals surface area contributed by atoms with Crippen molar-refractivity contribution in [2.75, 3.05) is 10.2 Å². The Morgan fingerprint density at radius 1 is 0.892 bits per heavy atom. The Hall–Kier alpha value is -4.39. The maximum atomic E-state index is 15.5. The molecule has 3 aliphatic rings. The molecule has 0 saturated carbocycles. The lowest BCUT2D eigenvalue weighted by Gasteiger charge is -2.37. The number of amides is 1. The van der Waals surface area contributed by atoms with E-state index in [0.29, 0.717) is 16.9 Å². The minimum absolute atomic E-state index is 0.152. The second-order valence-corrected chi connectivity index (χ2v) is 9.76. The second kappa shape index (κ2) is 8.06. The van der Waals surface area contributed by atoms with Crippen LogP contribution in [-0.4, -0.2) is 35.3 Å². The van der Waals surface area contributed by atoms with Gasteiger partial charge in [-0.2, -0.15) is 0 Å². The quantitative estimate of drug-likeness (QED) is 0.529. The molecule has 2 heterocycles. The van der Waals surface area contributed by atoms with Crippen molar-refractivity contribution in [1.82, 2.24) is 0 Å². The number of rotatable bonds is 3. The Bertz CT molecular complexity index is 1520. The lowest BCUT2D eigenvalue weighted by Crippen LogP contribution is -2.48. The van der Waals surface area contributed by atoms with Gasteiger partial charge in [0, 0.05) is 35.2 Å². The van der Waals surface area contributed by atoms with E-state index in [-0.39, 0.29) is 28.4 Å². The van der Waals surface area contributed by atoms with Crippen LogP contribution in [0, 0.1) is 11.2 Å². The fourth-order valence-corrected chi connectivity index (χ4v) is 6.52. The topological polar surface area (TPSA) is 83.6 Å². The van der Waals surface area contributed by atoms with E-state index in [1.165, 1.54) is 19.9 Å². The summed E-state index contributed by atoms with van der Waals surface area (Å²) in [4.78, 5) is 55.7. The molecular formula is C30H23FN2O4. The fraction of sp³-hybridized carbons (Fsp3) is 0.200. The number of anilines is 2. The molecule has 3 atom stereocenters. The first-order valence-corrected chi connectivity index (χ1v) is 12.1. The van der Waals surface area contributed by atoms with Crippen LogP contribution in [0.1, 0.15) is 51.6 Å². The number of benzene rings is 3. The number of ketones is 3. The van der Waals surface area contributed by atoms with Gasteiger partial charge >= 0.3 is 0 Å². The first-order chi connectivity index (χ1) is 17.8. The van der Waals surface area contributed by atoms with Crippen LogP contribution in [0.3, 0.4) is 0 Å². The number of fused-ring (bicyclic) bond motifs is 5. The van der Waals surface area contributed by atoms with Crippen LogP contribution in [0.25, 0.3) is 6.08 Å². The molecule has 0 aromatic heterocycles. The highest BCUT2D eigenvalue weighted by Crippen LogP contribution is 2.61. The summed E-state index contributed by atoms with van der Waals surface area (Å²) in [5.41, 5.74) is 0.764. The molecule has 0 radical (unpaired) electrons. The number of hydrogen-bond acceptors (Lipinski definition) is 5. The molecule has 0 bridgehead atoms. The maximum absolute atomic E-state index is 15.5. The number of carbonyl (C=O) groups excluding carboxylic acids is 4. The molecule has 3 aromatic carbocycles. The van der Waals surface area contributed by atoms with E-state index in [2.05, 4.69) is 5.32 Å². The second-order valence-electron chi connectivity index (χ2n) is 9.76. The smallest absolute Gasteiger partial charge is 0.221 e. The van der Waals surface area contributed by atoms with Crippen molar-refractivity contribution in [3.05, 3.63) is 101 Å². The molecule has 1 saturated heterocycles. The summed E-state index contributed by atoms with van der Waals surface area (Å²) < 4.78 is 15.5. The molecular weight excluding hydrogens is 471 g/mol. The third-order valence-corrected chi connectivity index (χ3v) is 7.81. The van der Waals surface area contributed by atoms with Gasteiger partial charge in [0.2, 0.25) is 5.91 Å². The summed E-state index contributed by atoms with van der Waals surface area (Å²) in [5.74, 6) is -3.02. The van der Waals surface area contributed by atoms with Crippen LogP contribution in [0.5, 0.6) is 0 Å². The third-order valence-electron chi connectivity index (χ3n) is 7.81. The molecule has 1 fully saturated rings. The zero-order valence-corrected chi connectivity index (χ0v) is 20.2. The zero-order chi connectivity index (χ0) is 26.1. The van der Waals surface area contributed by atoms with Crippen molar-refractivity contribution in [2.45, 2.75) is 31.8 Å². The van der Waals surface area contributed by atoms with Crippen LogP contribution in [0.2, 0.25) is 0 Å². The Morgan fingerprint density at radius 2 is 1.54 bits per heavy atom. The summed E-state index contributed by atoms with van der Waals surface area (Å²) in [6.45, 7) is 2.81. The largest absolute Gasteiger partial charge is 0.352 e. The third kappa shape index (κ3) is 2.97. The minimum atomic E-state index is -1.74. The predicted octanol–water partition coefficient (Wildman–Crippen LogP) is 4.81. The number of Topliss-reactive ketones (excluding diaryl/α,β-unsaturated/α-hetero) is 3. The van der Waals surface area contributed by atoms with E-state index < -0.39 is 40.8 Å². The van der Waals surface area contributed by atoms with Gasteiger partial charge in [-0.15, -0.1) is 0 Å². The van der Waals surface area contributed by atoms with Gasteiger partial charge in [-0.25, -0.2) is 4.39 Å². The molecule has 1 spiro atoms. The van der Waals surface area contributed by atoms with E-state index >= 15 is 4.39 Å². The fourth-order valence-electron chi connectivity index (χ4n) is 6.52. The zero-order valence-electron chi connectivity index (χ0n) is 20.2. The van der Waals surface area contributed by atoms with Gasteiger partial charge in [0.1, 0.15) is 11.2 Å². The predicted molar refractivity (Wildman–Crippen MR) is 137 cm³/mol. The van der Waals surface area contributed by atoms with Crippen molar-refractivity contribution < 1.29 is 23.6 Å². The Morgan fingerprint density at radius 3 is 2.16 bits per heavy atom. The van der Waals surface area contributed by atoms with E-state index in [1.807, 2.05) is 0 Å². The Balaban J connectivity index is 1.67. The van der Waals surface area contributed by atoms with E-state index in [4.69, 9.17) is 0 Å². The monoisotopic (exact) mass is 494 g/mol. The van der Waals surface area contributed by atoms with Gasteiger partial charge in [-0.05, 0) is 30.7 Å². The molecule has 6 nitrogen and oxygen atoms in total. The average Bonchev–Trinajstić information content (AvgIpc) is 3.31. The average molecular weight is 495 g/mol. The Labute approximate surface area is 212 Å². The summed E-state index contributed by atoms with van der Waals surface area (Å²) in [6, 6.07) is 16.1. The van der Waals surface area contributed by atoms with Gasteiger partial charge in [-0.3, -0.25) is 19.2 Å². The summed E-state index contributed by atoms with van der Waals surface area (Å²) in [5, 5.41) is 2.81. The first-order valence-electron chi connectivity index (χ1n) is 12.1. The number of hydrogen-bond donors (Lipinski definition) is 1. The minimum Gasteiger partial charge on any atom is -0.352 e. The number of halogens is 1. The molecule has 3 aromatic rings. The highest BCUT2D eigenvalue weighted by atomic mass is 19.1. The molecule has 1 aliphatic carbocycles. The van der Waals surface area contributed by atoms with Crippen molar-refractivity contribution in [3.63, 3.8) is 0 Å². The van der Waals surface area contributed by atoms with Gasteiger partial charge < -0.3 is 10.2 Å². The highest BCUT2D eigenvalue weighted by molar-refractivity contribution is 6.32. The lowest BCUT2D eigenvalue weighted by molar-refractivity contribution is -0.118.